The Kier molecular flexibility index (Phi) is 7.12. The number of halogens is 4. The van der Waals surface area contributed by atoms with Gasteiger partial charge in [0.1, 0.15) is 18.7 Å². The molecule has 10 nitrogen and oxygen atoms in total. The molecular weight excluding hydrogens is 539 g/mol. The Morgan fingerprint density at radius 3 is 2.56 bits per heavy atom. The van der Waals surface area contributed by atoms with E-state index in [1.807, 2.05) is 6.92 Å². The second kappa shape index (κ2) is 10.4. The van der Waals surface area contributed by atoms with E-state index in [9.17, 15) is 27.9 Å². The Bertz CT molecular complexity index is 1560. The van der Waals surface area contributed by atoms with Crippen molar-refractivity contribution in [3.05, 3.63) is 75.9 Å². The van der Waals surface area contributed by atoms with Crippen LogP contribution in [0, 0.1) is 11.8 Å². The lowest BCUT2D eigenvalue weighted by molar-refractivity contribution is -0.207. The fourth-order valence-corrected chi connectivity index (χ4v) is 4.38. The Hall–Kier alpha value is -3.84. The van der Waals surface area contributed by atoms with Crippen LogP contribution in [0.4, 0.5) is 13.2 Å². The van der Waals surface area contributed by atoms with Gasteiger partial charge in [-0.1, -0.05) is 18.5 Å². The molecule has 3 aromatic heterocycles. The number of nitrogens with zero attached hydrogens (tertiary/aromatic N) is 7. The summed E-state index contributed by atoms with van der Waals surface area (Å²) in [6.45, 7) is 0.724. The highest BCUT2D eigenvalue weighted by atomic mass is 35.5. The van der Waals surface area contributed by atoms with Crippen LogP contribution in [-0.2, 0) is 24.3 Å². The molecule has 5 rings (SSSR count). The van der Waals surface area contributed by atoms with Crippen LogP contribution in [-0.4, -0.2) is 57.3 Å². The zero-order valence-electron chi connectivity index (χ0n) is 20.6. The average Bonchev–Trinajstić information content (AvgIpc) is 3.32. The van der Waals surface area contributed by atoms with Gasteiger partial charge in [-0.25, -0.2) is 19.1 Å². The third-order valence-electron chi connectivity index (χ3n) is 6.57. The number of benzene rings is 1. The van der Waals surface area contributed by atoms with Gasteiger partial charge in [-0.05, 0) is 48.7 Å². The van der Waals surface area contributed by atoms with E-state index in [0.29, 0.717) is 27.9 Å². The molecule has 1 fully saturated rings. The first kappa shape index (κ1) is 26.8. The Morgan fingerprint density at radius 1 is 1.18 bits per heavy atom. The minimum Gasteiger partial charge on any atom is -0.382 e. The Balaban J connectivity index is 1.43. The van der Waals surface area contributed by atoms with Crippen molar-refractivity contribution in [2.75, 3.05) is 0 Å². The summed E-state index contributed by atoms with van der Waals surface area (Å²) >= 11 is 5.92. The molecule has 39 heavy (non-hydrogen) atoms. The van der Waals surface area contributed by atoms with Crippen molar-refractivity contribution in [1.82, 2.24) is 34.1 Å². The lowest BCUT2D eigenvalue weighted by atomic mass is 10.1. The van der Waals surface area contributed by atoms with Crippen LogP contribution in [0.2, 0.25) is 5.02 Å². The highest BCUT2D eigenvalue weighted by Crippen LogP contribution is 2.39. The topological polar surface area (TPSA) is 121 Å². The zero-order valence-corrected chi connectivity index (χ0v) is 21.3. The third kappa shape index (κ3) is 5.78. The molecule has 1 N–H and O–H groups in total. The van der Waals surface area contributed by atoms with E-state index in [2.05, 4.69) is 20.2 Å². The number of carbonyl (C=O) groups is 1. The molecule has 1 saturated carbocycles. The molecule has 1 aliphatic carbocycles. The van der Waals surface area contributed by atoms with Crippen LogP contribution in [0.15, 0.2) is 53.7 Å². The van der Waals surface area contributed by atoms with E-state index in [0.717, 1.165) is 15.7 Å². The van der Waals surface area contributed by atoms with Gasteiger partial charge >= 0.3 is 11.9 Å². The number of ketones is 1. The fraction of sp³-hybridized carbons (Fsp3) is 0.360. The maximum Gasteiger partial charge on any atom is 0.416 e. The summed E-state index contributed by atoms with van der Waals surface area (Å²) in [4.78, 5) is 34.2. The number of alkyl halides is 3. The second-order valence-electron chi connectivity index (χ2n) is 9.48. The van der Waals surface area contributed by atoms with Crippen LogP contribution in [0.25, 0.3) is 17.1 Å². The molecule has 1 aromatic carbocycles. The first-order valence-electron chi connectivity index (χ1n) is 12.1. The minimum absolute atomic E-state index is 0.0406. The second-order valence-corrected chi connectivity index (χ2v) is 9.91. The highest BCUT2D eigenvalue weighted by molar-refractivity contribution is 6.30. The summed E-state index contributed by atoms with van der Waals surface area (Å²) in [5, 5.41) is 18.6. The predicted molar refractivity (Wildman–Crippen MR) is 133 cm³/mol. The largest absolute Gasteiger partial charge is 0.416 e. The van der Waals surface area contributed by atoms with Crippen LogP contribution >= 0.6 is 11.6 Å². The Morgan fingerprint density at radius 2 is 1.90 bits per heavy atom. The standard InChI is InChI=1S/C25H23ClF3N7O3/c1-14-9-17(14)20(37)10-18-19(3-2-8-30-18)36-13-31-22(32-36)12-35-24(39)34(11-21(38)25(27,28)29)23(33-35)15-4-6-16(26)7-5-15/h2-8,13-14,17,21,38H,9-12H2,1H3/t14?,17?,21-/m0/s1. The molecule has 0 amide bonds. The number of aliphatic hydroxyl groups excluding tert-OH is 1. The van der Waals surface area contributed by atoms with Gasteiger partial charge in [0.05, 0.1) is 24.3 Å². The number of hydrogen-bond donors (Lipinski definition) is 1. The van der Waals surface area contributed by atoms with Gasteiger partial charge in [-0.2, -0.15) is 13.2 Å². The van der Waals surface area contributed by atoms with Gasteiger partial charge in [0.25, 0.3) is 0 Å². The molecule has 204 valence electrons. The van der Waals surface area contributed by atoms with Crippen molar-refractivity contribution >= 4 is 17.4 Å². The number of aliphatic hydroxyl groups is 1. The summed E-state index contributed by atoms with van der Waals surface area (Å²) in [7, 11) is 0. The predicted octanol–water partition coefficient (Wildman–Crippen LogP) is 3.08. The highest BCUT2D eigenvalue weighted by Gasteiger charge is 2.40. The number of rotatable bonds is 9. The lowest BCUT2D eigenvalue weighted by Gasteiger charge is -2.15. The number of carbonyl (C=O) groups excluding carboxylic acids is 1. The van der Waals surface area contributed by atoms with E-state index in [1.165, 1.54) is 35.3 Å². The van der Waals surface area contributed by atoms with Crippen molar-refractivity contribution in [3.63, 3.8) is 0 Å². The van der Waals surface area contributed by atoms with Crippen molar-refractivity contribution in [2.24, 2.45) is 11.8 Å². The smallest absolute Gasteiger partial charge is 0.382 e. The molecule has 0 bridgehead atoms. The molecule has 0 aliphatic heterocycles. The molecule has 0 radical (unpaired) electrons. The van der Waals surface area contributed by atoms with Crippen LogP contribution in [0.3, 0.4) is 0 Å². The van der Waals surface area contributed by atoms with E-state index in [-0.39, 0.29) is 36.3 Å². The molecule has 1 aliphatic rings. The molecule has 0 spiro atoms. The van der Waals surface area contributed by atoms with Crippen molar-refractivity contribution < 1.29 is 23.1 Å². The number of Topliss-reactive ketones (excluding diaryl/α,β-unsaturated/α-hetero) is 1. The summed E-state index contributed by atoms with van der Waals surface area (Å²) in [5.74, 6) is 0.588. The summed E-state index contributed by atoms with van der Waals surface area (Å²) in [6, 6.07) is 9.46. The normalized spacial score (nSPS) is 17.8. The quantitative estimate of drug-likeness (QED) is 0.333. The fourth-order valence-electron chi connectivity index (χ4n) is 4.26. The van der Waals surface area contributed by atoms with E-state index in [4.69, 9.17) is 11.6 Å². The van der Waals surface area contributed by atoms with Gasteiger partial charge in [0.2, 0.25) is 0 Å². The maximum atomic E-state index is 13.1. The van der Waals surface area contributed by atoms with Crippen molar-refractivity contribution in [2.45, 2.75) is 45.1 Å². The maximum absolute atomic E-state index is 13.1. The van der Waals surface area contributed by atoms with Gasteiger partial charge in [-0.15, -0.1) is 10.2 Å². The molecule has 3 heterocycles. The molecule has 4 aromatic rings. The van der Waals surface area contributed by atoms with Crippen molar-refractivity contribution in [1.29, 1.82) is 0 Å². The van der Waals surface area contributed by atoms with Gasteiger partial charge < -0.3 is 5.11 Å². The molecule has 14 heteroatoms. The molecular formula is C25H23ClF3N7O3. The average molecular weight is 562 g/mol. The first-order valence-corrected chi connectivity index (χ1v) is 12.4. The lowest BCUT2D eigenvalue weighted by Crippen LogP contribution is -2.37. The van der Waals surface area contributed by atoms with Crippen LogP contribution in [0.5, 0.6) is 0 Å². The van der Waals surface area contributed by atoms with E-state index >= 15 is 0 Å². The Labute approximate surface area is 224 Å². The van der Waals surface area contributed by atoms with E-state index < -0.39 is 24.5 Å². The molecule has 3 atom stereocenters. The zero-order chi connectivity index (χ0) is 27.9. The summed E-state index contributed by atoms with van der Waals surface area (Å²) in [6.07, 6.45) is -3.71. The van der Waals surface area contributed by atoms with E-state index in [1.54, 1.807) is 18.3 Å². The molecule has 0 saturated heterocycles. The minimum atomic E-state index is -4.93. The van der Waals surface area contributed by atoms with Crippen LogP contribution < -0.4 is 5.69 Å². The number of pyridine rings is 1. The molecule has 2 unspecified atom stereocenters. The summed E-state index contributed by atoms with van der Waals surface area (Å²) in [5.41, 5.74) is 0.528. The SMILES string of the molecule is CC1CC1C(=O)Cc1ncccc1-n1cnc(Cn2nc(-c3ccc(Cl)cc3)n(C[C@H](O)C(F)(F)F)c2=O)n1. The number of hydrogen-bond acceptors (Lipinski definition) is 7. The van der Waals surface area contributed by atoms with Gasteiger partial charge in [-0.3, -0.25) is 14.3 Å². The van der Waals surface area contributed by atoms with Gasteiger partial charge in [0.15, 0.2) is 17.8 Å². The van der Waals surface area contributed by atoms with Crippen molar-refractivity contribution in [3.8, 4) is 17.1 Å². The summed E-state index contributed by atoms with van der Waals surface area (Å²) < 4.78 is 42.4. The third-order valence-corrected chi connectivity index (χ3v) is 6.82. The monoisotopic (exact) mass is 561 g/mol. The van der Waals surface area contributed by atoms with Gasteiger partial charge in [0, 0.05) is 22.7 Å². The van der Waals surface area contributed by atoms with Crippen LogP contribution in [0.1, 0.15) is 24.9 Å². The first-order chi connectivity index (χ1) is 18.5. The number of aromatic nitrogens is 7.